The number of carbonyl (C=O) groups is 2. The Kier molecular flexibility index (Phi) is 4.62. The van der Waals surface area contributed by atoms with Crippen molar-refractivity contribution in [3.63, 3.8) is 0 Å². The largest absolute Gasteiger partial charge is 0.391 e. The summed E-state index contributed by atoms with van der Waals surface area (Å²) in [7, 11) is 0. The third-order valence-corrected chi connectivity index (χ3v) is 3.50. The SMILES string of the molecule is CCC1NC(=O)N(CC(O)Cc2cccc(Cl)c2)C1=O. The predicted octanol–water partition coefficient (Wildman–Crippen LogP) is 1.57. The zero-order valence-corrected chi connectivity index (χ0v) is 11.9. The molecular formula is C14H17ClN2O3. The number of hydrogen-bond donors (Lipinski definition) is 2. The Morgan fingerprint density at radius 3 is 2.80 bits per heavy atom. The van der Waals surface area contributed by atoms with E-state index >= 15 is 0 Å². The zero-order chi connectivity index (χ0) is 14.7. The van der Waals surface area contributed by atoms with Crippen LogP contribution in [-0.4, -0.2) is 40.6 Å². The lowest BCUT2D eigenvalue weighted by Gasteiger charge is -2.17. The molecule has 0 aromatic heterocycles. The van der Waals surface area contributed by atoms with Crippen molar-refractivity contribution in [1.82, 2.24) is 10.2 Å². The summed E-state index contributed by atoms with van der Waals surface area (Å²) in [5.41, 5.74) is 0.865. The van der Waals surface area contributed by atoms with Gasteiger partial charge in [-0.15, -0.1) is 0 Å². The van der Waals surface area contributed by atoms with Crippen LogP contribution in [-0.2, 0) is 11.2 Å². The van der Waals surface area contributed by atoms with E-state index in [9.17, 15) is 14.7 Å². The van der Waals surface area contributed by atoms with Crippen molar-refractivity contribution in [3.05, 3.63) is 34.9 Å². The van der Waals surface area contributed by atoms with Crippen LogP contribution in [0.1, 0.15) is 18.9 Å². The van der Waals surface area contributed by atoms with Gasteiger partial charge in [0.1, 0.15) is 6.04 Å². The van der Waals surface area contributed by atoms with Gasteiger partial charge in [-0.2, -0.15) is 0 Å². The summed E-state index contributed by atoms with van der Waals surface area (Å²) in [6.07, 6.45) is 0.0821. The maximum absolute atomic E-state index is 11.9. The van der Waals surface area contributed by atoms with E-state index in [1.165, 1.54) is 0 Å². The van der Waals surface area contributed by atoms with E-state index < -0.39 is 18.2 Å². The van der Waals surface area contributed by atoms with Crippen LogP contribution < -0.4 is 5.32 Å². The van der Waals surface area contributed by atoms with Gasteiger partial charge in [0.2, 0.25) is 0 Å². The molecule has 1 fully saturated rings. The average molecular weight is 297 g/mol. The Hall–Kier alpha value is -1.59. The lowest BCUT2D eigenvalue weighted by Crippen LogP contribution is -2.38. The molecule has 0 aliphatic carbocycles. The van der Waals surface area contributed by atoms with Crippen LogP contribution in [0, 0.1) is 0 Å². The molecule has 1 aromatic rings. The highest BCUT2D eigenvalue weighted by atomic mass is 35.5. The van der Waals surface area contributed by atoms with Crippen molar-refractivity contribution in [3.8, 4) is 0 Å². The smallest absolute Gasteiger partial charge is 0.324 e. The van der Waals surface area contributed by atoms with Crippen LogP contribution in [0.4, 0.5) is 4.79 Å². The number of amides is 3. The first-order chi connectivity index (χ1) is 9.51. The van der Waals surface area contributed by atoms with E-state index in [-0.39, 0.29) is 12.5 Å². The van der Waals surface area contributed by atoms with Gasteiger partial charge in [-0.3, -0.25) is 9.69 Å². The summed E-state index contributed by atoms with van der Waals surface area (Å²) in [6.45, 7) is 1.82. The summed E-state index contributed by atoms with van der Waals surface area (Å²) in [6, 6.07) is 6.24. The molecule has 1 aliphatic rings. The quantitative estimate of drug-likeness (QED) is 0.811. The number of hydrogen-bond acceptors (Lipinski definition) is 3. The Morgan fingerprint density at radius 1 is 1.45 bits per heavy atom. The van der Waals surface area contributed by atoms with Gasteiger partial charge in [-0.25, -0.2) is 4.79 Å². The van der Waals surface area contributed by atoms with Gasteiger partial charge in [-0.05, 0) is 24.1 Å². The first-order valence-corrected chi connectivity index (χ1v) is 6.93. The van der Waals surface area contributed by atoms with E-state index in [0.29, 0.717) is 17.9 Å². The van der Waals surface area contributed by atoms with E-state index in [1.54, 1.807) is 18.2 Å². The molecule has 0 spiro atoms. The highest BCUT2D eigenvalue weighted by molar-refractivity contribution is 6.30. The molecule has 1 aromatic carbocycles. The number of rotatable bonds is 5. The summed E-state index contributed by atoms with van der Waals surface area (Å²) in [4.78, 5) is 24.6. The maximum Gasteiger partial charge on any atom is 0.324 e. The average Bonchev–Trinajstić information content (AvgIpc) is 2.66. The van der Waals surface area contributed by atoms with E-state index in [2.05, 4.69) is 5.32 Å². The van der Waals surface area contributed by atoms with Gasteiger partial charge < -0.3 is 10.4 Å². The molecule has 0 saturated carbocycles. The fraction of sp³-hybridized carbons (Fsp3) is 0.429. The van der Waals surface area contributed by atoms with Crippen LogP contribution in [0.25, 0.3) is 0 Å². The minimum Gasteiger partial charge on any atom is -0.391 e. The first-order valence-electron chi connectivity index (χ1n) is 6.55. The van der Waals surface area contributed by atoms with Crippen LogP contribution in [0.15, 0.2) is 24.3 Å². The van der Waals surface area contributed by atoms with Crippen LogP contribution in [0.5, 0.6) is 0 Å². The fourth-order valence-electron chi connectivity index (χ4n) is 2.24. The summed E-state index contributed by atoms with van der Waals surface area (Å²) >= 11 is 5.87. The molecule has 0 bridgehead atoms. The molecule has 0 radical (unpaired) electrons. The van der Waals surface area contributed by atoms with Crippen LogP contribution in [0.2, 0.25) is 5.02 Å². The molecule has 2 rings (SSSR count). The fourth-order valence-corrected chi connectivity index (χ4v) is 2.45. The number of nitrogens with zero attached hydrogens (tertiary/aromatic N) is 1. The second kappa shape index (κ2) is 6.24. The zero-order valence-electron chi connectivity index (χ0n) is 11.2. The molecule has 6 heteroatoms. The summed E-state index contributed by atoms with van der Waals surface area (Å²) in [5, 5.41) is 13.2. The number of imide groups is 1. The number of aliphatic hydroxyl groups excluding tert-OH is 1. The lowest BCUT2D eigenvalue weighted by molar-refractivity contribution is -0.128. The minimum absolute atomic E-state index is 0.00627. The topological polar surface area (TPSA) is 69.6 Å². The third-order valence-electron chi connectivity index (χ3n) is 3.27. The van der Waals surface area contributed by atoms with Crippen molar-refractivity contribution in [2.75, 3.05) is 6.54 Å². The molecule has 3 amide bonds. The highest BCUT2D eigenvalue weighted by Crippen LogP contribution is 2.14. The van der Waals surface area contributed by atoms with Gasteiger partial charge in [-0.1, -0.05) is 30.7 Å². The van der Waals surface area contributed by atoms with Gasteiger partial charge in [0.05, 0.1) is 12.6 Å². The molecular weight excluding hydrogens is 280 g/mol. The molecule has 2 N–H and O–H groups in total. The number of carbonyl (C=O) groups excluding carboxylic acids is 2. The normalized spacial score (nSPS) is 20.1. The van der Waals surface area contributed by atoms with Crippen molar-refractivity contribution in [2.24, 2.45) is 0 Å². The molecule has 1 saturated heterocycles. The van der Waals surface area contributed by atoms with Gasteiger partial charge in [0.25, 0.3) is 5.91 Å². The molecule has 1 heterocycles. The third kappa shape index (κ3) is 3.29. The molecule has 1 aliphatic heterocycles. The summed E-state index contributed by atoms with van der Waals surface area (Å²) < 4.78 is 0. The number of urea groups is 1. The number of β-amino-alcohol motifs (C(OH)–C–C–N with tert-alkyl or cyclic N) is 1. The van der Waals surface area contributed by atoms with Gasteiger partial charge >= 0.3 is 6.03 Å². The number of nitrogens with one attached hydrogen (secondary N) is 1. The van der Waals surface area contributed by atoms with Crippen LogP contribution >= 0.6 is 11.6 Å². The Labute approximate surface area is 122 Å². The van der Waals surface area contributed by atoms with Gasteiger partial charge in [0, 0.05) is 11.4 Å². The second-order valence-electron chi connectivity index (χ2n) is 4.85. The summed E-state index contributed by atoms with van der Waals surface area (Å²) in [5.74, 6) is -0.275. The monoisotopic (exact) mass is 296 g/mol. The molecule has 20 heavy (non-hydrogen) atoms. The Morgan fingerprint density at radius 2 is 2.20 bits per heavy atom. The van der Waals surface area contributed by atoms with Gasteiger partial charge in [0.15, 0.2) is 0 Å². The van der Waals surface area contributed by atoms with Crippen LogP contribution in [0.3, 0.4) is 0 Å². The molecule has 2 atom stereocenters. The number of halogens is 1. The number of aliphatic hydroxyl groups is 1. The van der Waals surface area contributed by atoms with E-state index in [0.717, 1.165) is 10.5 Å². The first kappa shape index (κ1) is 14.8. The second-order valence-corrected chi connectivity index (χ2v) is 5.28. The van der Waals surface area contributed by atoms with Crippen molar-refractivity contribution in [1.29, 1.82) is 0 Å². The van der Waals surface area contributed by atoms with Crippen molar-refractivity contribution >= 4 is 23.5 Å². The lowest BCUT2D eigenvalue weighted by atomic mass is 10.1. The Bertz CT molecular complexity index is 521. The Balaban J connectivity index is 1.96. The molecule has 2 unspecified atom stereocenters. The van der Waals surface area contributed by atoms with E-state index in [4.69, 9.17) is 11.6 Å². The van der Waals surface area contributed by atoms with Crippen molar-refractivity contribution in [2.45, 2.75) is 31.9 Å². The molecule has 5 nitrogen and oxygen atoms in total. The van der Waals surface area contributed by atoms with Crippen molar-refractivity contribution < 1.29 is 14.7 Å². The standard InChI is InChI=1S/C14H17ClN2O3/c1-2-12-13(19)17(14(20)16-12)8-11(18)7-9-4-3-5-10(15)6-9/h3-6,11-12,18H,2,7-8H2,1H3,(H,16,20). The maximum atomic E-state index is 11.9. The van der Waals surface area contributed by atoms with E-state index in [1.807, 2.05) is 13.0 Å². The highest BCUT2D eigenvalue weighted by Gasteiger charge is 2.37. The number of benzene rings is 1. The minimum atomic E-state index is -0.807. The molecule has 108 valence electrons. The predicted molar refractivity (Wildman–Crippen MR) is 75.5 cm³/mol.